The molecule has 3 amide bonds. The molecule has 0 aliphatic heterocycles. The van der Waals surface area contributed by atoms with Crippen LogP contribution in [0.2, 0.25) is 0 Å². The zero-order valence-corrected chi connectivity index (χ0v) is 17.0. The lowest BCUT2D eigenvalue weighted by Gasteiger charge is -2.12. The number of hydrogen-bond donors (Lipinski definition) is 2. The Morgan fingerprint density at radius 1 is 1.17 bits per heavy atom. The molecule has 0 spiro atoms. The number of carbonyl (C=O) groups is 3. The minimum absolute atomic E-state index is 0.0712. The Kier molecular flexibility index (Phi) is 6.32. The Balaban J connectivity index is 1.61. The predicted octanol–water partition coefficient (Wildman–Crippen LogP) is 2.36. The number of esters is 1. The van der Waals surface area contributed by atoms with Gasteiger partial charge in [0.15, 0.2) is 23.3 Å². The Bertz CT molecular complexity index is 924. The third kappa shape index (κ3) is 5.23. The second-order valence-electron chi connectivity index (χ2n) is 6.39. The van der Waals surface area contributed by atoms with Crippen LogP contribution in [-0.4, -0.2) is 49.3 Å². The van der Waals surface area contributed by atoms with Crippen molar-refractivity contribution in [2.45, 2.75) is 31.9 Å². The standard InChI is InChI=1S/C19H21N3O6S/c1-10(16(23)22-19(25)20-12-5-6-12)28-18(24)13-9-29-17(21-13)11-4-7-14(26-2)15(8-11)27-3/h4,7-10,12H,5-6H2,1-3H3,(H2,20,22,23,25). The molecular weight excluding hydrogens is 398 g/mol. The first-order chi connectivity index (χ1) is 13.9. The average Bonchev–Trinajstić information content (AvgIpc) is 3.37. The van der Waals surface area contributed by atoms with Crippen molar-refractivity contribution in [3.8, 4) is 22.1 Å². The first-order valence-corrected chi connectivity index (χ1v) is 9.79. The molecule has 154 valence electrons. The summed E-state index contributed by atoms with van der Waals surface area (Å²) in [6, 6.07) is 4.81. The molecule has 1 heterocycles. The number of amides is 3. The average molecular weight is 419 g/mol. The van der Waals surface area contributed by atoms with Gasteiger partial charge in [-0.05, 0) is 38.0 Å². The van der Waals surface area contributed by atoms with Crippen LogP contribution < -0.4 is 20.1 Å². The van der Waals surface area contributed by atoms with Crippen LogP contribution in [0.3, 0.4) is 0 Å². The monoisotopic (exact) mass is 419 g/mol. The molecule has 29 heavy (non-hydrogen) atoms. The molecule has 0 bridgehead atoms. The van der Waals surface area contributed by atoms with Gasteiger partial charge in [-0.3, -0.25) is 10.1 Å². The van der Waals surface area contributed by atoms with Crippen LogP contribution >= 0.6 is 11.3 Å². The predicted molar refractivity (Wildman–Crippen MR) is 105 cm³/mol. The van der Waals surface area contributed by atoms with Gasteiger partial charge in [-0.1, -0.05) is 0 Å². The summed E-state index contributed by atoms with van der Waals surface area (Å²) in [4.78, 5) is 40.2. The van der Waals surface area contributed by atoms with Gasteiger partial charge < -0.3 is 19.5 Å². The van der Waals surface area contributed by atoms with Crippen LogP contribution in [0.5, 0.6) is 11.5 Å². The van der Waals surface area contributed by atoms with E-state index in [-0.39, 0.29) is 11.7 Å². The highest BCUT2D eigenvalue weighted by molar-refractivity contribution is 7.13. The molecule has 1 aliphatic rings. The molecule has 1 aromatic carbocycles. The lowest BCUT2D eigenvalue weighted by atomic mass is 10.2. The zero-order chi connectivity index (χ0) is 21.0. The van der Waals surface area contributed by atoms with Gasteiger partial charge in [-0.25, -0.2) is 14.6 Å². The van der Waals surface area contributed by atoms with Crippen molar-refractivity contribution in [1.29, 1.82) is 0 Å². The van der Waals surface area contributed by atoms with Crippen molar-refractivity contribution in [1.82, 2.24) is 15.6 Å². The highest BCUT2D eigenvalue weighted by atomic mass is 32.1. The number of carbonyl (C=O) groups excluding carboxylic acids is 3. The minimum Gasteiger partial charge on any atom is -0.493 e. The molecule has 9 nitrogen and oxygen atoms in total. The third-order valence-corrected chi connectivity index (χ3v) is 5.04. The third-order valence-electron chi connectivity index (χ3n) is 4.15. The number of aromatic nitrogens is 1. The molecule has 1 fully saturated rings. The summed E-state index contributed by atoms with van der Waals surface area (Å²) >= 11 is 1.25. The maximum atomic E-state index is 12.3. The molecule has 3 rings (SSSR count). The highest BCUT2D eigenvalue weighted by Crippen LogP contribution is 2.33. The lowest BCUT2D eigenvalue weighted by Crippen LogP contribution is -2.45. The number of nitrogens with zero attached hydrogens (tertiary/aromatic N) is 1. The smallest absolute Gasteiger partial charge is 0.358 e. The SMILES string of the molecule is COc1ccc(-c2nc(C(=O)OC(C)C(=O)NC(=O)NC3CC3)cs2)cc1OC. The summed E-state index contributed by atoms with van der Waals surface area (Å²) < 4.78 is 15.6. The first-order valence-electron chi connectivity index (χ1n) is 8.91. The molecule has 1 saturated carbocycles. The summed E-state index contributed by atoms with van der Waals surface area (Å²) in [5, 5.41) is 6.90. The van der Waals surface area contributed by atoms with Crippen molar-refractivity contribution in [2.75, 3.05) is 14.2 Å². The summed E-state index contributed by atoms with van der Waals surface area (Å²) in [5.74, 6) is -0.331. The minimum atomic E-state index is -1.14. The quantitative estimate of drug-likeness (QED) is 0.662. The number of thiazole rings is 1. The van der Waals surface area contributed by atoms with Crippen LogP contribution in [0, 0.1) is 0 Å². The van der Waals surface area contributed by atoms with Crippen LogP contribution in [0.4, 0.5) is 4.79 Å². The normalized spacial score (nSPS) is 13.9. The molecule has 1 aromatic heterocycles. The van der Waals surface area contributed by atoms with Gasteiger partial charge in [0, 0.05) is 17.0 Å². The molecule has 2 aromatic rings. The number of hydrogen-bond acceptors (Lipinski definition) is 8. The fourth-order valence-corrected chi connectivity index (χ4v) is 3.19. The van der Waals surface area contributed by atoms with E-state index >= 15 is 0 Å². The van der Waals surface area contributed by atoms with E-state index in [4.69, 9.17) is 14.2 Å². The van der Waals surface area contributed by atoms with Gasteiger partial charge in [0.1, 0.15) is 5.01 Å². The van der Waals surface area contributed by atoms with Gasteiger partial charge in [0.2, 0.25) is 0 Å². The van der Waals surface area contributed by atoms with E-state index in [0.29, 0.717) is 16.5 Å². The van der Waals surface area contributed by atoms with E-state index in [9.17, 15) is 14.4 Å². The molecular formula is C19H21N3O6S. The second-order valence-corrected chi connectivity index (χ2v) is 7.25. The molecule has 0 saturated heterocycles. The second kappa shape index (κ2) is 8.91. The summed E-state index contributed by atoms with van der Waals surface area (Å²) in [5.41, 5.74) is 0.816. The molecule has 1 unspecified atom stereocenters. The van der Waals surface area contributed by atoms with E-state index in [1.54, 1.807) is 30.7 Å². The molecule has 1 aliphatic carbocycles. The largest absolute Gasteiger partial charge is 0.493 e. The number of urea groups is 1. The fraction of sp³-hybridized carbons (Fsp3) is 0.368. The summed E-state index contributed by atoms with van der Waals surface area (Å²) in [6.07, 6.45) is 0.662. The van der Waals surface area contributed by atoms with Crippen LogP contribution in [0.15, 0.2) is 23.6 Å². The van der Waals surface area contributed by atoms with Gasteiger partial charge in [-0.2, -0.15) is 0 Å². The fourth-order valence-electron chi connectivity index (χ4n) is 2.41. The lowest BCUT2D eigenvalue weighted by molar-refractivity contribution is -0.127. The molecule has 10 heteroatoms. The van der Waals surface area contributed by atoms with E-state index in [2.05, 4.69) is 15.6 Å². The summed E-state index contributed by atoms with van der Waals surface area (Å²) in [7, 11) is 3.07. The van der Waals surface area contributed by atoms with Crippen molar-refractivity contribution in [2.24, 2.45) is 0 Å². The van der Waals surface area contributed by atoms with Crippen molar-refractivity contribution >= 4 is 29.2 Å². The Morgan fingerprint density at radius 3 is 2.55 bits per heavy atom. The maximum absolute atomic E-state index is 12.3. The van der Waals surface area contributed by atoms with Gasteiger partial charge >= 0.3 is 12.0 Å². The van der Waals surface area contributed by atoms with E-state index in [1.807, 2.05) is 0 Å². The van der Waals surface area contributed by atoms with Gasteiger partial charge in [0.05, 0.1) is 14.2 Å². The van der Waals surface area contributed by atoms with E-state index in [0.717, 1.165) is 18.4 Å². The molecule has 2 N–H and O–H groups in total. The Morgan fingerprint density at radius 2 is 1.90 bits per heavy atom. The Hall–Kier alpha value is -3.14. The van der Waals surface area contributed by atoms with Gasteiger partial charge in [-0.15, -0.1) is 11.3 Å². The number of rotatable bonds is 7. The number of nitrogens with one attached hydrogen (secondary N) is 2. The summed E-state index contributed by atoms with van der Waals surface area (Å²) in [6.45, 7) is 1.39. The number of benzene rings is 1. The number of methoxy groups -OCH3 is 2. The van der Waals surface area contributed by atoms with Crippen LogP contribution in [0.1, 0.15) is 30.3 Å². The molecule has 1 atom stereocenters. The van der Waals surface area contributed by atoms with E-state index in [1.165, 1.54) is 25.4 Å². The van der Waals surface area contributed by atoms with Gasteiger partial charge in [0.25, 0.3) is 5.91 Å². The number of imide groups is 1. The topological polar surface area (TPSA) is 116 Å². The maximum Gasteiger partial charge on any atom is 0.358 e. The van der Waals surface area contributed by atoms with Crippen molar-refractivity contribution in [3.05, 3.63) is 29.3 Å². The zero-order valence-electron chi connectivity index (χ0n) is 16.2. The van der Waals surface area contributed by atoms with Crippen LogP contribution in [0.25, 0.3) is 10.6 Å². The van der Waals surface area contributed by atoms with Crippen LogP contribution in [-0.2, 0) is 9.53 Å². The first kappa shape index (κ1) is 20.6. The van der Waals surface area contributed by atoms with Crippen molar-refractivity contribution < 1.29 is 28.6 Å². The Labute approximate surface area is 171 Å². The van der Waals surface area contributed by atoms with Crippen molar-refractivity contribution in [3.63, 3.8) is 0 Å². The number of ether oxygens (including phenoxy) is 3. The highest BCUT2D eigenvalue weighted by Gasteiger charge is 2.26. The molecule has 0 radical (unpaired) electrons. The van der Waals surface area contributed by atoms with E-state index < -0.39 is 24.0 Å².